The number of carbonyl (C=O) groups is 1. The molecule has 0 unspecified atom stereocenters. The Morgan fingerprint density at radius 1 is 1.29 bits per heavy atom. The number of anilines is 1. The molecule has 1 aliphatic carbocycles. The largest absolute Gasteiger partial charge is 0.491 e. The molecular weight excluding hydrogens is 330 g/mol. The lowest BCUT2D eigenvalue weighted by Crippen LogP contribution is -2.16. The van der Waals surface area contributed by atoms with E-state index in [1.54, 1.807) is 25.4 Å². The van der Waals surface area contributed by atoms with Gasteiger partial charge < -0.3 is 14.8 Å². The quantitative estimate of drug-likeness (QED) is 0.892. The van der Waals surface area contributed by atoms with Crippen molar-refractivity contribution in [2.24, 2.45) is 0 Å². The average Bonchev–Trinajstić information content (AvgIpc) is 3.10. The predicted molar refractivity (Wildman–Crippen MR) is 90.9 cm³/mol. The van der Waals surface area contributed by atoms with Gasteiger partial charge in [-0.15, -0.1) is 0 Å². The standard InChI is InChI=1S/C17H18ClN3O3/c1-23-16-10-20-13(8-15(16)24-11-4-2-3-5-11)17(22)21-14-9-19-7-6-12(14)18/h6-11H,2-5H2,1H3,(H,21,22). The van der Waals surface area contributed by atoms with E-state index in [0.29, 0.717) is 22.2 Å². The lowest BCUT2D eigenvalue weighted by atomic mass is 10.2. The highest BCUT2D eigenvalue weighted by molar-refractivity contribution is 6.33. The van der Waals surface area contributed by atoms with Crippen LogP contribution in [-0.2, 0) is 0 Å². The van der Waals surface area contributed by atoms with Gasteiger partial charge in [0, 0.05) is 12.3 Å². The third-order valence-corrected chi connectivity index (χ3v) is 4.23. The van der Waals surface area contributed by atoms with Gasteiger partial charge in [0.2, 0.25) is 0 Å². The molecule has 0 radical (unpaired) electrons. The van der Waals surface area contributed by atoms with E-state index in [1.165, 1.54) is 12.4 Å². The van der Waals surface area contributed by atoms with Gasteiger partial charge in [-0.3, -0.25) is 9.78 Å². The van der Waals surface area contributed by atoms with Crippen molar-refractivity contribution in [3.05, 3.63) is 41.4 Å². The van der Waals surface area contributed by atoms with Crippen molar-refractivity contribution in [3.8, 4) is 11.5 Å². The Kier molecular flexibility index (Phi) is 5.15. The van der Waals surface area contributed by atoms with Crippen LogP contribution in [0.15, 0.2) is 30.7 Å². The summed E-state index contributed by atoms with van der Waals surface area (Å²) >= 11 is 6.03. The second-order valence-corrected chi connectivity index (χ2v) is 5.96. The number of nitrogens with zero attached hydrogens (tertiary/aromatic N) is 2. The molecule has 0 aromatic carbocycles. The summed E-state index contributed by atoms with van der Waals surface area (Å²) in [5.74, 6) is 0.656. The lowest BCUT2D eigenvalue weighted by molar-refractivity contribution is 0.102. The van der Waals surface area contributed by atoms with Crippen LogP contribution in [0.4, 0.5) is 5.69 Å². The normalized spacial score (nSPS) is 14.4. The number of amides is 1. The van der Waals surface area contributed by atoms with Crippen LogP contribution in [0.3, 0.4) is 0 Å². The molecule has 126 valence electrons. The summed E-state index contributed by atoms with van der Waals surface area (Å²) in [4.78, 5) is 20.5. The van der Waals surface area contributed by atoms with Crippen molar-refractivity contribution in [1.29, 1.82) is 0 Å². The molecular formula is C17H18ClN3O3. The first-order valence-electron chi connectivity index (χ1n) is 7.79. The number of halogens is 1. The van der Waals surface area contributed by atoms with Crippen molar-refractivity contribution >= 4 is 23.2 Å². The van der Waals surface area contributed by atoms with Crippen LogP contribution in [0, 0.1) is 0 Å². The predicted octanol–water partition coefficient (Wildman–Crippen LogP) is 3.71. The summed E-state index contributed by atoms with van der Waals surface area (Å²) < 4.78 is 11.3. The van der Waals surface area contributed by atoms with Gasteiger partial charge >= 0.3 is 0 Å². The molecule has 1 saturated carbocycles. The third-order valence-electron chi connectivity index (χ3n) is 3.90. The minimum Gasteiger partial charge on any atom is -0.491 e. The first-order chi connectivity index (χ1) is 11.7. The molecule has 2 aromatic heterocycles. The number of carbonyl (C=O) groups excluding carboxylic acids is 1. The topological polar surface area (TPSA) is 73.3 Å². The van der Waals surface area contributed by atoms with Gasteiger partial charge in [-0.25, -0.2) is 4.98 Å². The third kappa shape index (κ3) is 3.76. The first-order valence-corrected chi connectivity index (χ1v) is 8.16. The number of ether oxygens (including phenoxy) is 2. The molecule has 0 aliphatic heterocycles. The number of aromatic nitrogens is 2. The van der Waals surface area contributed by atoms with E-state index in [0.717, 1.165) is 25.7 Å². The van der Waals surface area contributed by atoms with Crippen LogP contribution in [0.25, 0.3) is 0 Å². The summed E-state index contributed by atoms with van der Waals surface area (Å²) in [5.41, 5.74) is 0.656. The highest BCUT2D eigenvalue weighted by Gasteiger charge is 2.20. The Hall–Kier alpha value is -2.34. The molecule has 3 rings (SSSR count). The lowest BCUT2D eigenvalue weighted by Gasteiger charge is -2.16. The molecule has 1 N–H and O–H groups in total. The van der Waals surface area contributed by atoms with Gasteiger partial charge in [-0.1, -0.05) is 11.6 Å². The molecule has 7 heteroatoms. The van der Waals surface area contributed by atoms with Gasteiger partial charge in [0.1, 0.15) is 5.69 Å². The minimum atomic E-state index is -0.385. The van der Waals surface area contributed by atoms with Gasteiger partial charge in [0.05, 0.1) is 36.3 Å². The fraction of sp³-hybridized carbons (Fsp3) is 0.353. The number of rotatable bonds is 5. The molecule has 1 amide bonds. The maximum atomic E-state index is 12.4. The van der Waals surface area contributed by atoms with Gasteiger partial charge in [0.25, 0.3) is 5.91 Å². The molecule has 0 spiro atoms. The van der Waals surface area contributed by atoms with E-state index in [9.17, 15) is 4.79 Å². The Morgan fingerprint density at radius 3 is 2.79 bits per heavy atom. The Labute approximate surface area is 145 Å². The Morgan fingerprint density at radius 2 is 2.08 bits per heavy atom. The minimum absolute atomic E-state index is 0.157. The van der Waals surface area contributed by atoms with Gasteiger partial charge in [-0.05, 0) is 31.7 Å². The van der Waals surface area contributed by atoms with Crippen LogP contribution in [0.2, 0.25) is 5.02 Å². The maximum absolute atomic E-state index is 12.4. The molecule has 0 atom stereocenters. The van der Waals surface area contributed by atoms with Crippen LogP contribution >= 0.6 is 11.6 Å². The van der Waals surface area contributed by atoms with Crippen molar-refractivity contribution in [3.63, 3.8) is 0 Å². The molecule has 2 aromatic rings. The first kappa shape index (κ1) is 16.5. The number of nitrogens with one attached hydrogen (secondary N) is 1. The Balaban J connectivity index is 1.79. The summed E-state index contributed by atoms with van der Waals surface area (Å²) in [6.07, 6.45) is 9.03. The average molecular weight is 348 g/mol. The molecule has 24 heavy (non-hydrogen) atoms. The van der Waals surface area contributed by atoms with Crippen molar-refractivity contribution in [1.82, 2.24) is 9.97 Å². The van der Waals surface area contributed by atoms with Crippen LogP contribution in [0.1, 0.15) is 36.2 Å². The fourth-order valence-electron chi connectivity index (χ4n) is 2.64. The smallest absolute Gasteiger partial charge is 0.274 e. The number of methoxy groups -OCH3 is 1. The zero-order valence-corrected chi connectivity index (χ0v) is 14.0. The van der Waals surface area contributed by atoms with Gasteiger partial charge in [0.15, 0.2) is 11.5 Å². The van der Waals surface area contributed by atoms with E-state index in [2.05, 4.69) is 15.3 Å². The Bertz CT molecular complexity index is 733. The molecule has 2 heterocycles. The number of pyridine rings is 2. The van der Waals surface area contributed by atoms with Crippen molar-refractivity contribution in [2.75, 3.05) is 12.4 Å². The molecule has 1 fully saturated rings. The highest BCUT2D eigenvalue weighted by Crippen LogP contribution is 2.31. The zero-order valence-electron chi connectivity index (χ0n) is 13.3. The van der Waals surface area contributed by atoms with Crippen LogP contribution < -0.4 is 14.8 Å². The molecule has 0 bridgehead atoms. The number of hydrogen-bond acceptors (Lipinski definition) is 5. The maximum Gasteiger partial charge on any atom is 0.274 e. The molecule has 6 nitrogen and oxygen atoms in total. The molecule has 1 aliphatic rings. The van der Waals surface area contributed by atoms with Crippen molar-refractivity contribution < 1.29 is 14.3 Å². The highest BCUT2D eigenvalue weighted by atomic mass is 35.5. The fourth-order valence-corrected chi connectivity index (χ4v) is 2.79. The van der Waals surface area contributed by atoms with E-state index in [4.69, 9.17) is 21.1 Å². The van der Waals surface area contributed by atoms with Crippen LogP contribution in [-0.4, -0.2) is 29.1 Å². The zero-order chi connectivity index (χ0) is 16.9. The van der Waals surface area contributed by atoms with Crippen molar-refractivity contribution in [2.45, 2.75) is 31.8 Å². The van der Waals surface area contributed by atoms with E-state index < -0.39 is 0 Å². The summed E-state index contributed by atoms with van der Waals surface area (Å²) in [5, 5.41) is 3.10. The summed E-state index contributed by atoms with van der Waals surface area (Å²) in [7, 11) is 1.55. The monoisotopic (exact) mass is 347 g/mol. The molecule has 0 saturated heterocycles. The summed E-state index contributed by atoms with van der Waals surface area (Å²) in [6, 6.07) is 3.20. The second-order valence-electron chi connectivity index (χ2n) is 5.55. The van der Waals surface area contributed by atoms with E-state index >= 15 is 0 Å². The van der Waals surface area contributed by atoms with E-state index in [-0.39, 0.29) is 17.7 Å². The van der Waals surface area contributed by atoms with E-state index in [1.807, 2.05) is 0 Å². The number of hydrogen-bond donors (Lipinski definition) is 1. The van der Waals surface area contributed by atoms with Crippen LogP contribution in [0.5, 0.6) is 11.5 Å². The summed E-state index contributed by atoms with van der Waals surface area (Å²) in [6.45, 7) is 0. The second kappa shape index (κ2) is 7.49. The van der Waals surface area contributed by atoms with Gasteiger partial charge in [-0.2, -0.15) is 0 Å². The SMILES string of the molecule is COc1cnc(C(=O)Nc2cnccc2Cl)cc1OC1CCCC1.